The summed E-state index contributed by atoms with van der Waals surface area (Å²) < 4.78 is 0. The van der Waals surface area contributed by atoms with E-state index in [1.165, 1.54) is 25.7 Å². The van der Waals surface area contributed by atoms with Gasteiger partial charge in [0.25, 0.3) is 0 Å². The molecule has 1 fully saturated rings. The van der Waals surface area contributed by atoms with Crippen molar-refractivity contribution in [2.75, 3.05) is 5.75 Å². The van der Waals surface area contributed by atoms with Crippen molar-refractivity contribution in [2.24, 2.45) is 11.7 Å². The molecule has 72 valence electrons. The number of rotatable bonds is 4. The first kappa shape index (κ1) is 10.4. The Hall–Kier alpha value is 0.310. The van der Waals surface area contributed by atoms with Crippen LogP contribution in [0, 0.1) is 5.92 Å². The molecule has 0 aromatic rings. The number of hydrogen-bond acceptors (Lipinski definition) is 2. The highest BCUT2D eigenvalue weighted by molar-refractivity contribution is 7.99. The Balaban J connectivity index is 2.07. The minimum atomic E-state index is 0.399. The Morgan fingerprint density at radius 2 is 1.92 bits per heavy atom. The lowest BCUT2D eigenvalue weighted by Gasteiger charge is -2.17. The number of nitrogens with two attached hydrogens (primary N) is 1. The summed E-state index contributed by atoms with van der Waals surface area (Å²) >= 11 is 2.10. The van der Waals surface area contributed by atoms with Gasteiger partial charge in [-0.05, 0) is 18.8 Å². The number of hydrogen-bond donors (Lipinski definition) is 1. The third kappa shape index (κ3) is 3.36. The van der Waals surface area contributed by atoms with Crippen molar-refractivity contribution in [1.82, 2.24) is 0 Å². The molecule has 0 heterocycles. The Labute approximate surface area is 80.5 Å². The van der Waals surface area contributed by atoms with E-state index in [9.17, 15) is 0 Å². The highest BCUT2D eigenvalue weighted by Crippen LogP contribution is 2.29. The lowest BCUT2D eigenvalue weighted by atomic mass is 10.1. The SMILES string of the molecule is CC(C)C(N)CSC1CCCC1. The largest absolute Gasteiger partial charge is 0.327 e. The summed E-state index contributed by atoms with van der Waals surface area (Å²) in [4.78, 5) is 0. The quantitative estimate of drug-likeness (QED) is 0.732. The van der Waals surface area contributed by atoms with E-state index < -0.39 is 0 Å². The molecule has 0 bridgehead atoms. The maximum atomic E-state index is 5.97. The summed E-state index contributed by atoms with van der Waals surface area (Å²) in [5, 5.41) is 0.926. The van der Waals surface area contributed by atoms with Crippen LogP contribution in [0.2, 0.25) is 0 Å². The second kappa shape index (κ2) is 5.13. The molecular weight excluding hydrogens is 166 g/mol. The number of thioether (sulfide) groups is 1. The highest BCUT2D eigenvalue weighted by Gasteiger charge is 2.17. The topological polar surface area (TPSA) is 26.0 Å². The Morgan fingerprint density at radius 3 is 2.42 bits per heavy atom. The molecule has 1 unspecified atom stereocenters. The van der Waals surface area contributed by atoms with E-state index >= 15 is 0 Å². The molecule has 12 heavy (non-hydrogen) atoms. The first-order valence-electron chi connectivity index (χ1n) is 5.07. The zero-order valence-corrected chi connectivity index (χ0v) is 9.07. The van der Waals surface area contributed by atoms with Gasteiger partial charge < -0.3 is 5.73 Å². The first-order chi connectivity index (χ1) is 5.70. The van der Waals surface area contributed by atoms with Gasteiger partial charge in [0.05, 0.1) is 0 Å². The zero-order valence-electron chi connectivity index (χ0n) is 8.25. The molecule has 1 saturated carbocycles. The van der Waals surface area contributed by atoms with Crippen LogP contribution < -0.4 is 5.73 Å². The normalized spacial score (nSPS) is 22.0. The van der Waals surface area contributed by atoms with Crippen LogP contribution in [0.3, 0.4) is 0 Å². The third-order valence-corrected chi connectivity index (χ3v) is 4.20. The van der Waals surface area contributed by atoms with Crippen molar-refractivity contribution < 1.29 is 0 Å². The fourth-order valence-corrected chi connectivity index (χ4v) is 3.04. The van der Waals surface area contributed by atoms with Gasteiger partial charge >= 0.3 is 0 Å². The van der Waals surface area contributed by atoms with E-state index in [0.29, 0.717) is 12.0 Å². The zero-order chi connectivity index (χ0) is 8.97. The average Bonchev–Trinajstić information content (AvgIpc) is 2.51. The predicted molar refractivity (Wildman–Crippen MR) is 57.5 cm³/mol. The fourth-order valence-electron chi connectivity index (χ4n) is 1.49. The Morgan fingerprint density at radius 1 is 1.33 bits per heavy atom. The molecule has 1 aliphatic carbocycles. The van der Waals surface area contributed by atoms with E-state index in [1.807, 2.05) is 0 Å². The van der Waals surface area contributed by atoms with Crippen LogP contribution in [0.4, 0.5) is 0 Å². The molecule has 1 atom stereocenters. The van der Waals surface area contributed by atoms with E-state index in [4.69, 9.17) is 5.73 Å². The first-order valence-corrected chi connectivity index (χ1v) is 6.12. The summed E-state index contributed by atoms with van der Waals surface area (Å²) in [5.74, 6) is 1.79. The Bertz CT molecular complexity index is 117. The molecule has 1 nitrogen and oxygen atoms in total. The van der Waals surface area contributed by atoms with Gasteiger partial charge in [-0.2, -0.15) is 11.8 Å². The van der Waals surface area contributed by atoms with Crippen molar-refractivity contribution in [2.45, 2.75) is 50.8 Å². The van der Waals surface area contributed by atoms with Crippen molar-refractivity contribution in [3.8, 4) is 0 Å². The van der Waals surface area contributed by atoms with Crippen LogP contribution in [-0.2, 0) is 0 Å². The second-order valence-electron chi connectivity index (χ2n) is 4.15. The molecule has 0 saturated heterocycles. The van der Waals surface area contributed by atoms with Gasteiger partial charge in [-0.25, -0.2) is 0 Å². The molecule has 2 N–H and O–H groups in total. The van der Waals surface area contributed by atoms with Gasteiger partial charge in [0.15, 0.2) is 0 Å². The van der Waals surface area contributed by atoms with Crippen molar-refractivity contribution in [3.63, 3.8) is 0 Å². The van der Waals surface area contributed by atoms with E-state index in [0.717, 1.165) is 11.0 Å². The van der Waals surface area contributed by atoms with Crippen LogP contribution in [0.5, 0.6) is 0 Å². The minimum Gasteiger partial charge on any atom is -0.327 e. The van der Waals surface area contributed by atoms with Crippen LogP contribution in [-0.4, -0.2) is 17.0 Å². The van der Waals surface area contributed by atoms with Gasteiger partial charge in [-0.3, -0.25) is 0 Å². The highest BCUT2D eigenvalue weighted by atomic mass is 32.2. The monoisotopic (exact) mass is 187 g/mol. The molecule has 0 radical (unpaired) electrons. The van der Waals surface area contributed by atoms with E-state index in [-0.39, 0.29) is 0 Å². The van der Waals surface area contributed by atoms with Gasteiger partial charge in [-0.1, -0.05) is 26.7 Å². The average molecular weight is 187 g/mol. The van der Waals surface area contributed by atoms with E-state index in [2.05, 4.69) is 25.6 Å². The molecule has 1 rings (SSSR count). The van der Waals surface area contributed by atoms with Crippen LogP contribution in [0.1, 0.15) is 39.5 Å². The molecule has 1 aliphatic rings. The van der Waals surface area contributed by atoms with Crippen molar-refractivity contribution in [3.05, 3.63) is 0 Å². The summed E-state index contributed by atoms with van der Waals surface area (Å²) in [6.07, 6.45) is 5.73. The third-order valence-electron chi connectivity index (χ3n) is 2.68. The van der Waals surface area contributed by atoms with Gasteiger partial charge in [0.1, 0.15) is 0 Å². The molecule has 0 spiro atoms. The van der Waals surface area contributed by atoms with Gasteiger partial charge in [0.2, 0.25) is 0 Å². The predicted octanol–water partition coefficient (Wildman–Crippen LogP) is 2.65. The van der Waals surface area contributed by atoms with Gasteiger partial charge in [0, 0.05) is 17.0 Å². The second-order valence-corrected chi connectivity index (χ2v) is 5.48. The summed E-state index contributed by atoms with van der Waals surface area (Å²) in [6, 6.07) is 0.399. The Kier molecular flexibility index (Phi) is 4.44. The fraction of sp³-hybridized carbons (Fsp3) is 1.00. The summed E-state index contributed by atoms with van der Waals surface area (Å²) in [6.45, 7) is 4.42. The maximum Gasteiger partial charge on any atom is 0.0153 e. The van der Waals surface area contributed by atoms with E-state index in [1.54, 1.807) is 0 Å². The molecule has 0 aliphatic heterocycles. The molecular formula is C10H21NS. The van der Waals surface area contributed by atoms with Crippen LogP contribution >= 0.6 is 11.8 Å². The van der Waals surface area contributed by atoms with Crippen LogP contribution in [0.25, 0.3) is 0 Å². The molecule has 0 amide bonds. The van der Waals surface area contributed by atoms with Gasteiger partial charge in [-0.15, -0.1) is 0 Å². The standard InChI is InChI=1S/C10H21NS/c1-8(2)10(11)7-12-9-5-3-4-6-9/h8-10H,3-7,11H2,1-2H3. The summed E-state index contributed by atoms with van der Waals surface area (Å²) in [7, 11) is 0. The molecule has 0 aromatic heterocycles. The molecule has 0 aromatic carbocycles. The molecule has 2 heteroatoms. The summed E-state index contributed by atoms with van der Waals surface area (Å²) in [5.41, 5.74) is 5.97. The van der Waals surface area contributed by atoms with Crippen molar-refractivity contribution >= 4 is 11.8 Å². The van der Waals surface area contributed by atoms with Crippen molar-refractivity contribution in [1.29, 1.82) is 0 Å². The smallest absolute Gasteiger partial charge is 0.0153 e. The maximum absolute atomic E-state index is 5.97. The lowest BCUT2D eigenvalue weighted by Crippen LogP contribution is -2.29. The lowest BCUT2D eigenvalue weighted by molar-refractivity contribution is 0.535. The minimum absolute atomic E-state index is 0.399. The van der Waals surface area contributed by atoms with Crippen LogP contribution in [0.15, 0.2) is 0 Å².